The van der Waals surface area contributed by atoms with E-state index in [1.54, 1.807) is 0 Å². The van der Waals surface area contributed by atoms with Gasteiger partial charge in [0.1, 0.15) is 0 Å². The van der Waals surface area contributed by atoms with Crippen LogP contribution < -0.4 is 5.32 Å². The second-order valence-corrected chi connectivity index (χ2v) is 7.37. The highest BCUT2D eigenvalue weighted by Crippen LogP contribution is 2.39. The Morgan fingerprint density at radius 2 is 1.63 bits per heavy atom. The Morgan fingerprint density at radius 1 is 1.05 bits per heavy atom. The highest BCUT2D eigenvalue weighted by Gasteiger charge is 2.37. The van der Waals surface area contributed by atoms with Crippen LogP contribution in [0.3, 0.4) is 0 Å². The average Bonchev–Trinajstić information content (AvgIpc) is 2.36. The minimum absolute atomic E-state index is 0.459. The Hall–Kier alpha value is -0.0800. The van der Waals surface area contributed by atoms with Crippen LogP contribution in [0, 0.1) is 11.3 Å². The second-order valence-electron chi connectivity index (χ2n) is 7.37. The number of likely N-dealkylation sites (N-methyl/N-ethyl adjacent to an activating group) is 1. The molecule has 0 aromatic carbocycles. The van der Waals surface area contributed by atoms with E-state index in [9.17, 15) is 0 Å². The smallest absolute Gasteiger partial charge is 0.0252 e. The molecule has 1 rings (SSSR count). The van der Waals surface area contributed by atoms with Crippen LogP contribution in [0.2, 0.25) is 0 Å². The quantitative estimate of drug-likeness (QED) is 0.785. The van der Waals surface area contributed by atoms with Crippen LogP contribution in [0.1, 0.15) is 66.7 Å². The standard InChI is InChI=1S/C17H36N2/c1-7-11-19(12-8-2)16-13-14(17(3,4)5)9-10-15(16)18-6/h14-16,18H,7-13H2,1-6H3. The first-order chi connectivity index (χ1) is 8.93. The zero-order valence-electron chi connectivity index (χ0n) is 14.1. The maximum absolute atomic E-state index is 3.58. The van der Waals surface area contributed by atoms with Crippen molar-refractivity contribution >= 4 is 0 Å². The van der Waals surface area contributed by atoms with E-state index >= 15 is 0 Å². The molecule has 0 amide bonds. The second kappa shape index (κ2) is 7.64. The summed E-state index contributed by atoms with van der Waals surface area (Å²) in [5, 5.41) is 3.58. The van der Waals surface area contributed by atoms with Crippen LogP contribution in [-0.4, -0.2) is 37.1 Å². The van der Waals surface area contributed by atoms with E-state index in [2.05, 4.69) is 51.9 Å². The molecule has 0 aromatic heterocycles. The number of nitrogens with one attached hydrogen (secondary N) is 1. The third-order valence-electron chi connectivity index (χ3n) is 4.90. The van der Waals surface area contributed by atoms with Crippen molar-refractivity contribution in [1.29, 1.82) is 0 Å². The van der Waals surface area contributed by atoms with Gasteiger partial charge in [0.05, 0.1) is 0 Å². The van der Waals surface area contributed by atoms with Crippen molar-refractivity contribution in [2.75, 3.05) is 20.1 Å². The van der Waals surface area contributed by atoms with Gasteiger partial charge in [-0.25, -0.2) is 0 Å². The van der Waals surface area contributed by atoms with Gasteiger partial charge in [0, 0.05) is 12.1 Å². The first kappa shape index (κ1) is 17.0. The van der Waals surface area contributed by atoms with Crippen LogP contribution in [0.4, 0.5) is 0 Å². The summed E-state index contributed by atoms with van der Waals surface area (Å²) in [6, 6.07) is 1.43. The van der Waals surface area contributed by atoms with Gasteiger partial charge in [-0.2, -0.15) is 0 Å². The van der Waals surface area contributed by atoms with Crippen molar-refractivity contribution in [1.82, 2.24) is 10.2 Å². The monoisotopic (exact) mass is 268 g/mol. The Balaban J connectivity index is 2.77. The fourth-order valence-electron chi connectivity index (χ4n) is 3.69. The lowest BCUT2D eigenvalue weighted by molar-refractivity contribution is 0.0601. The molecular formula is C17H36N2. The Bertz CT molecular complexity index is 238. The van der Waals surface area contributed by atoms with Crippen LogP contribution in [0.5, 0.6) is 0 Å². The highest BCUT2D eigenvalue weighted by atomic mass is 15.2. The molecule has 0 aromatic rings. The molecule has 1 fully saturated rings. The fraction of sp³-hybridized carbons (Fsp3) is 1.00. The molecule has 1 aliphatic rings. The van der Waals surface area contributed by atoms with E-state index in [0.717, 1.165) is 12.0 Å². The minimum atomic E-state index is 0.459. The van der Waals surface area contributed by atoms with Gasteiger partial charge in [0.25, 0.3) is 0 Å². The first-order valence-electron chi connectivity index (χ1n) is 8.35. The molecule has 1 aliphatic carbocycles. The van der Waals surface area contributed by atoms with Crippen LogP contribution >= 0.6 is 0 Å². The summed E-state index contributed by atoms with van der Waals surface area (Å²) in [5.41, 5.74) is 0.459. The Kier molecular flexibility index (Phi) is 6.82. The SMILES string of the molecule is CCCN(CCC)C1CC(C(C)(C)C)CCC1NC. The van der Waals surface area contributed by atoms with E-state index in [1.807, 2.05) is 0 Å². The molecule has 1 N–H and O–H groups in total. The third kappa shape index (κ3) is 4.75. The molecule has 2 nitrogen and oxygen atoms in total. The summed E-state index contributed by atoms with van der Waals surface area (Å²) in [6.07, 6.45) is 6.64. The van der Waals surface area contributed by atoms with Gasteiger partial charge in [-0.1, -0.05) is 34.6 Å². The maximum atomic E-state index is 3.58. The summed E-state index contributed by atoms with van der Waals surface area (Å²) in [6.45, 7) is 14.4. The Labute approximate surface area is 121 Å². The molecule has 114 valence electrons. The molecular weight excluding hydrogens is 232 g/mol. The molecule has 0 aliphatic heterocycles. The summed E-state index contributed by atoms with van der Waals surface area (Å²) < 4.78 is 0. The van der Waals surface area contributed by atoms with Gasteiger partial charge >= 0.3 is 0 Å². The van der Waals surface area contributed by atoms with E-state index in [1.165, 1.54) is 45.2 Å². The number of rotatable bonds is 6. The van der Waals surface area contributed by atoms with E-state index < -0.39 is 0 Å². The van der Waals surface area contributed by atoms with Crippen molar-refractivity contribution in [3.05, 3.63) is 0 Å². The van der Waals surface area contributed by atoms with Gasteiger partial charge in [-0.3, -0.25) is 4.90 Å². The topological polar surface area (TPSA) is 15.3 Å². The summed E-state index contributed by atoms with van der Waals surface area (Å²) >= 11 is 0. The summed E-state index contributed by atoms with van der Waals surface area (Å²) in [5.74, 6) is 0.873. The van der Waals surface area contributed by atoms with E-state index in [0.29, 0.717) is 11.5 Å². The van der Waals surface area contributed by atoms with E-state index in [4.69, 9.17) is 0 Å². The molecule has 0 spiro atoms. The number of hydrogen-bond acceptors (Lipinski definition) is 2. The van der Waals surface area contributed by atoms with Gasteiger partial charge < -0.3 is 5.32 Å². The van der Waals surface area contributed by atoms with E-state index in [-0.39, 0.29) is 0 Å². The molecule has 0 radical (unpaired) electrons. The lowest BCUT2D eigenvalue weighted by atomic mass is 9.69. The molecule has 3 unspecified atom stereocenters. The lowest BCUT2D eigenvalue weighted by Crippen LogP contribution is -2.54. The van der Waals surface area contributed by atoms with Crippen molar-refractivity contribution in [2.45, 2.75) is 78.8 Å². The van der Waals surface area contributed by atoms with Crippen LogP contribution in [0.25, 0.3) is 0 Å². The predicted molar refractivity (Wildman–Crippen MR) is 85.6 cm³/mol. The number of nitrogens with zero attached hydrogens (tertiary/aromatic N) is 1. The van der Waals surface area contributed by atoms with Crippen molar-refractivity contribution in [3.63, 3.8) is 0 Å². The van der Waals surface area contributed by atoms with Gasteiger partial charge in [0.15, 0.2) is 0 Å². The summed E-state index contributed by atoms with van der Waals surface area (Å²) in [4.78, 5) is 2.75. The average molecular weight is 268 g/mol. The zero-order valence-corrected chi connectivity index (χ0v) is 14.1. The van der Waals surface area contributed by atoms with Gasteiger partial charge in [-0.05, 0) is 63.6 Å². The lowest BCUT2D eigenvalue weighted by Gasteiger charge is -2.46. The van der Waals surface area contributed by atoms with Crippen LogP contribution in [0.15, 0.2) is 0 Å². The minimum Gasteiger partial charge on any atom is -0.315 e. The molecule has 2 heteroatoms. The normalized spacial score (nSPS) is 28.9. The van der Waals surface area contributed by atoms with Crippen molar-refractivity contribution < 1.29 is 0 Å². The third-order valence-corrected chi connectivity index (χ3v) is 4.90. The number of hydrogen-bond donors (Lipinski definition) is 1. The molecule has 0 bridgehead atoms. The fourth-order valence-corrected chi connectivity index (χ4v) is 3.69. The molecule has 1 saturated carbocycles. The molecule has 19 heavy (non-hydrogen) atoms. The highest BCUT2D eigenvalue weighted by molar-refractivity contribution is 4.93. The van der Waals surface area contributed by atoms with Gasteiger partial charge in [-0.15, -0.1) is 0 Å². The molecule has 3 atom stereocenters. The molecule has 0 saturated heterocycles. The maximum Gasteiger partial charge on any atom is 0.0252 e. The molecule has 0 heterocycles. The summed E-state index contributed by atoms with van der Waals surface area (Å²) in [7, 11) is 2.14. The van der Waals surface area contributed by atoms with Crippen molar-refractivity contribution in [2.24, 2.45) is 11.3 Å². The zero-order chi connectivity index (χ0) is 14.5. The largest absolute Gasteiger partial charge is 0.315 e. The van der Waals surface area contributed by atoms with Gasteiger partial charge in [0.2, 0.25) is 0 Å². The van der Waals surface area contributed by atoms with Crippen LogP contribution in [-0.2, 0) is 0 Å². The first-order valence-corrected chi connectivity index (χ1v) is 8.35. The van der Waals surface area contributed by atoms with Crippen molar-refractivity contribution in [3.8, 4) is 0 Å². The predicted octanol–water partition coefficient (Wildman–Crippen LogP) is 3.91. The Morgan fingerprint density at radius 3 is 2.05 bits per heavy atom.